The number of hydrogen-bond acceptors (Lipinski definition) is 4. The van der Waals surface area contributed by atoms with Crippen LogP contribution in [0, 0.1) is 6.92 Å². The van der Waals surface area contributed by atoms with Gasteiger partial charge in [-0.1, -0.05) is 38.5 Å². The van der Waals surface area contributed by atoms with Gasteiger partial charge in [-0.3, -0.25) is 0 Å². The number of rotatable bonds is 6. The van der Waals surface area contributed by atoms with Crippen molar-refractivity contribution in [1.82, 2.24) is 0 Å². The molecule has 0 bridgehead atoms. The zero-order chi connectivity index (χ0) is 18.4. The van der Waals surface area contributed by atoms with Crippen molar-refractivity contribution in [2.24, 2.45) is 0 Å². The van der Waals surface area contributed by atoms with Gasteiger partial charge in [-0.15, -0.1) is 0 Å². The molecule has 2 rings (SSSR count). The molecule has 0 atom stereocenters. The van der Waals surface area contributed by atoms with E-state index in [9.17, 15) is 4.79 Å². The summed E-state index contributed by atoms with van der Waals surface area (Å²) in [7, 11) is 0. The summed E-state index contributed by atoms with van der Waals surface area (Å²) in [6.45, 7) is 10.7. The molecule has 2 aromatic carbocycles. The molecule has 0 N–H and O–H groups in total. The summed E-state index contributed by atoms with van der Waals surface area (Å²) in [5, 5.41) is 0. The fraction of sp³-hybridized carbons (Fsp3) is 0.381. The highest BCUT2D eigenvalue weighted by Crippen LogP contribution is 2.32. The molecule has 0 heterocycles. The Kier molecular flexibility index (Phi) is 6.07. The minimum Gasteiger partial charge on any atom is -0.494 e. The van der Waals surface area contributed by atoms with Crippen molar-refractivity contribution in [3.05, 3.63) is 53.6 Å². The molecule has 4 heteroatoms. The third-order valence-electron chi connectivity index (χ3n) is 3.66. The second kappa shape index (κ2) is 8.06. The van der Waals surface area contributed by atoms with Gasteiger partial charge < -0.3 is 14.2 Å². The van der Waals surface area contributed by atoms with Crippen LogP contribution in [0.25, 0.3) is 0 Å². The molecule has 134 valence electrons. The van der Waals surface area contributed by atoms with Crippen molar-refractivity contribution < 1.29 is 19.0 Å². The lowest BCUT2D eigenvalue weighted by molar-refractivity contribution is -0.136. The number of benzene rings is 2. The van der Waals surface area contributed by atoms with E-state index in [-0.39, 0.29) is 12.0 Å². The average molecular weight is 342 g/mol. The van der Waals surface area contributed by atoms with Gasteiger partial charge in [0.2, 0.25) is 0 Å². The molecule has 0 fully saturated rings. The van der Waals surface area contributed by atoms with Crippen molar-refractivity contribution in [2.45, 2.75) is 40.0 Å². The Balaban J connectivity index is 1.99. The van der Waals surface area contributed by atoms with E-state index in [1.165, 1.54) is 0 Å². The molecular weight excluding hydrogens is 316 g/mol. The summed E-state index contributed by atoms with van der Waals surface area (Å²) in [5.74, 6) is 1.52. The van der Waals surface area contributed by atoms with Gasteiger partial charge in [0.1, 0.15) is 17.2 Å². The number of carbonyl (C=O) groups is 1. The molecular formula is C21H26O4. The van der Waals surface area contributed by atoms with Crippen LogP contribution in [-0.4, -0.2) is 19.2 Å². The van der Waals surface area contributed by atoms with Crippen LogP contribution in [0.4, 0.5) is 0 Å². The lowest BCUT2D eigenvalue weighted by Crippen LogP contribution is -2.21. The predicted octanol–water partition coefficient (Wildman–Crippen LogP) is 4.68. The minimum absolute atomic E-state index is 0.113. The van der Waals surface area contributed by atoms with Crippen LogP contribution >= 0.6 is 0 Å². The van der Waals surface area contributed by atoms with Crippen LogP contribution in [0.1, 0.15) is 38.8 Å². The molecule has 0 spiro atoms. The molecule has 0 aliphatic heterocycles. The topological polar surface area (TPSA) is 44.8 Å². The Labute approximate surface area is 149 Å². The second-order valence-corrected chi connectivity index (χ2v) is 6.92. The number of hydrogen-bond donors (Lipinski definition) is 0. The third kappa shape index (κ3) is 5.52. The third-order valence-corrected chi connectivity index (χ3v) is 3.66. The van der Waals surface area contributed by atoms with Crippen LogP contribution in [-0.2, 0) is 10.2 Å². The summed E-state index contributed by atoms with van der Waals surface area (Å²) in [5.41, 5.74) is 2.02. The Hall–Kier alpha value is -2.49. The van der Waals surface area contributed by atoms with Gasteiger partial charge in [-0.2, -0.15) is 0 Å². The monoisotopic (exact) mass is 342 g/mol. The highest BCUT2D eigenvalue weighted by atomic mass is 16.6. The van der Waals surface area contributed by atoms with Gasteiger partial charge in [-0.05, 0) is 49.6 Å². The van der Waals surface area contributed by atoms with Crippen LogP contribution < -0.4 is 14.2 Å². The van der Waals surface area contributed by atoms with Gasteiger partial charge in [0.25, 0.3) is 0 Å². The van der Waals surface area contributed by atoms with E-state index in [1.54, 1.807) is 12.1 Å². The summed E-state index contributed by atoms with van der Waals surface area (Å²) in [6, 6.07) is 13.0. The fourth-order valence-electron chi connectivity index (χ4n) is 2.41. The van der Waals surface area contributed by atoms with Crippen molar-refractivity contribution in [1.29, 1.82) is 0 Å². The van der Waals surface area contributed by atoms with Crippen LogP contribution in [0.5, 0.6) is 17.2 Å². The first-order valence-corrected chi connectivity index (χ1v) is 8.47. The second-order valence-electron chi connectivity index (χ2n) is 6.92. The SMILES string of the molecule is CCOc1ccc(OCC(=O)Oc2ccc(C)cc2C(C)(C)C)cc1. The smallest absolute Gasteiger partial charge is 0.349 e. The molecule has 4 nitrogen and oxygen atoms in total. The largest absolute Gasteiger partial charge is 0.494 e. The molecule has 0 unspecified atom stereocenters. The Bertz CT molecular complexity index is 712. The Morgan fingerprint density at radius 3 is 2.12 bits per heavy atom. The average Bonchev–Trinajstić information content (AvgIpc) is 2.55. The van der Waals surface area contributed by atoms with E-state index >= 15 is 0 Å². The molecule has 2 aromatic rings. The summed E-state index contributed by atoms with van der Waals surface area (Å²) in [4.78, 5) is 12.1. The van der Waals surface area contributed by atoms with Gasteiger partial charge in [0.15, 0.2) is 6.61 Å². The molecule has 0 radical (unpaired) electrons. The number of ether oxygens (including phenoxy) is 3. The van der Waals surface area contributed by atoms with Crippen LogP contribution in [0.2, 0.25) is 0 Å². The summed E-state index contributed by atoms with van der Waals surface area (Å²) < 4.78 is 16.4. The van der Waals surface area contributed by atoms with E-state index in [1.807, 2.05) is 38.1 Å². The highest BCUT2D eigenvalue weighted by molar-refractivity contribution is 5.74. The van der Waals surface area contributed by atoms with E-state index in [0.29, 0.717) is 18.1 Å². The molecule has 25 heavy (non-hydrogen) atoms. The van der Waals surface area contributed by atoms with Crippen molar-refractivity contribution in [3.8, 4) is 17.2 Å². The molecule has 0 aliphatic rings. The van der Waals surface area contributed by atoms with Gasteiger partial charge in [-0.25, -0.2) is 4.79 Å². The summed E-state index contributed by atoms with van der Waals surface area (Å²) >= 11 is 0. The maximum Gasteiger partial charge on any atom is 0.349 e. The van der Waals surface area contributed by atoms with Crippen molar-refractivity contribution in [2.75, 3.05) is 13.2 Å². The van der Waals surface area contributed by atoms with E-state index in [0.717, 1.165) is 16.9 Å². The van der Waals surface area contributed by atoms with Crippen LogP contribution in [0.3, 0.4) is 0 Å². The molecule has 0 aliphatic carbocycles. The Morgan fingerprint density at radius 1 is 0.960 bits per heavy atom. The zero-order valence-electron chi connectivity index (χ0n) is 15.6. The lowest BCUT2D eigenvalue weighted by Gasteiger charge is -2.22. The number of aryl methyl sites for hydroxylation is 1. The minimum atomic E-state index is -0.428. The molecule has 0 amide bonds. The van der Waals surface area contributed by atoms with Crippen molar-refractivity contribution >= 4 is 5.97 Å². The molecule has 0 saturated heterocycles. The first-order chi connectivity index (χ1) is 11.8. The molecule has 0 saturated carbocycles. The quantitative estimate of drug-likeness (QED) is 0.565. The first-order valence-electron chi connectivity index (χ1n) is 8.47. The normalized spacial score (nSPS) is 11.1. The lowest BCUT2D eigenvalue weighted by atomic mass is 9.85. The van der Waals surface area contributed by atoms with Gasteiger partial charge in [0, 0.05) is 5.56 Å². The maximum atomic E-state index is 12.1. The Morgan fingerprint density at radius 2 is 1.56 bits per heavy atom. The number of esters is 1. The van der Waals surface area contributed by atoms with E-state index in [2.05, 4.69) is 26.8 Å². The van der Waals surface area contributed by atoms with E-state index < -0.39 is 5.97 Å². The summed E-state index contributed by atoms with van der Waals surface area (Å²) in [6.07, 6.45) is 0. The van der Waals surface area contributed by atoms with Gasteiger partial charge in [0.05, 0.1) is 6.61 Å². The maximum absolute atomic E-state index is 12.1. The fourth-order valence-corrected chi connectivity index (χ4v) is 2.41. The van der Waals surface area contributed by atoms with Crippen LogP contribution in [0.15, 0.2) is 42.5 Å². The van der Waals surface area contributed by atoms with Gasteiger partial charge >= 0.3 is 5.97 Å². The molecule has 0 aromatic heterocycles. The standard InChI is InChI=1S/C21H26O4/c1-6-23-16-8-10-17(11-9-16)24-14-20(22)25-19-12-7-15(2)13-18(19)21(3,4)5/h7-13H,6,14H2,1-5H3. The highest BCUT2D eigenvalue weighted by Gasteiger charge is 2.21. The predicted molar refractivity (Wildman–Crippen MR) is 98.6 cm³/mol. The van der Waals surface area contributed by atoms with E-state index in [4.69, 9.17) is 14.2 Å². The number of carbonyl (C=O) groups excluding carboxylic acids is 1. The van der Waals surface area contributed by atoms with Crippen molar-refractivity contribution in [3.63, 3.8) is 0 Å². The first kappa shape index (κ1) is 18.8. The zero-order valence-corrected chi connectivity index (χ0v) is 15.6.